The van der Waals surface area contributed by atoms with Crippen molar-refractivity contribution in [2.75, 3.05) is 6.61 Å². The molecule has 1 nitrogen and oxygen atoms in total. The van der Waals surface area contributed by atoms with E-state index in [0.29, 0.717) is 6.61 Å². The van der Waals surface area contributed by atoms with E-state index in [-0.39, 0.29) is 0 Å². The molecule has 35 heavy (non-hydrogen) atoms. The summed E-state index contributed by atoms with van der Waals surface area (Å²) >= 11 is 0. The highest BCUT2D eigenvalue weighted by Crippen LogP contribution is 2.23. The van der Waals surface area contributed by atoms with Gasteiger partial charge in [-0.1, -0.05) is 99.4 Å². The molecular formula is C34H36O. The minimum atomic E-state index is 0.679. The Hall–Kier alpha value is -3.50. The van der Waals surface area contributed by atoms with Gasteiger partial charge in [0, 0.05) is 11.1 Å². The van der Waals surface area contributed by atoms with Gasteiger partial charge in [0.1, 0.15) is 5.75 Å². The standard InChI is InChI=1S/C34H36O/c1-3-5-6-7-8-9-10-27-13-18-30(19-14-27)31-20-15-28(16-21-31)11-12-29-17-22-33-26-34(35-4-2)24-23-32(33)25-29/h13-26H,3-10H2,1-2H3. The number of hydrogen-bond donors (Lipinski definition) is 0. The molecule has 0 aliphatic carbocycles. The fourth-order valence-electron chi connectivity index (χ4n) is 4.42. The molecule has 0 aliphatic heterocycles. The lowest BCUT2D eigenvalue weighted by Gasteiger charge is -2.05. The van der Waals surface area contributed by atoms with E-state index >= 15 is 0 Å². The van der Waals surface area contributed by atoms with Gasteiger partial charge in [0.15, 0.2) is 0 Å². The van der Waals surface area contributed by atoms with Crippen molar-refractivity contribution >= 4 is 10.8 Å². The Balaban J connectivity index is 1.35. The van der Waals surface area contributed by atoms with Gasteiger partial charge in [-0.2, -0.15) is 0 Å². The van der Waals surface area contributed by atoms with E-state index in [1.807, 2.05) is 13.0 Å². The molecule has 0 fully saturated rings. The third kappa shape index (κ3) is 7.24. The van der Waals surface area contributed by atoms with Crippen LogP contribution in [0, 0.1) is 11.8 Å². The quantitative estimate of drug-likeness (QED) is 0.169. The highest BCUT2D eigenvalue weighted by atomic mass is 16.5. The van der Waals surface area contributed by atoms with Gasteiger partial charge in [-0.25, -0.2) is 0 Å². The van der Waals surface area contributed by atoms with Crippen molar-refractivity contribution in [1.29, 1.82) is 0 Å². The average molecular weight is 461 g/mol. The number of rotatable bonds is 10. The maximum atomic E-state index is 5.60. The smallest absolute Gasteiger partial charge is 0.119 e. The van der Waals surface area contributed by atoms with E-state index in [1.54, 1.807) is 0 Å². The van der Waals surface area contributed by atoms with Crippen molar-refractivity contribution in [3.8, 4) is 28.7 Å². The van der Waals surface area contributed by atoms with Crippen molar-refractivity contribution in [1.82, 2.24) is 0 Å². The fraction of sp³-hybridized carbons (Fsp3) is 0.294. The normalized spacial score (nSPS) is 10.7. The first kappa shape index (κ1) is 24.6. The lowest BCUT2D eigenvalue weighted by atomic mass is 10.00. The van der Waals surface area contributed by atoms with Crippen LogP contribution in [0.2, 0.25) is 0 Å². The molecule has 0 saturated carbocycles. The van der Waals surface area contributed by atoms with Crippen LogP contribution in [0.25, 0.3) is 21.9 Å². The number of benzene rings is 4. The molecule has 1 heteroatoms. The molecule has 0 bridgehead atoms. The van der Waals surface area contributed by atoms with Crippen LogP contribution < -0.4 is 4.74 Å². The summed E-state index contributed by atoms with van der Waals surface area (Å²) in [5.41, 5.74) is 5.98. The zero-order valence-corrected chi connectivity index (χ0v) is 21.1. The summed E-state index contributed by atoms with van der Waals surface area (Å²) in [6.07, 6.45) is 9.27. The molecule has 0 aliphatic rings. The van der Waals surface area contributed by atoms with Gasteiger partial charge in [-0.3, -0.25) is 0 Å². The van der Waals surface area contributed by atoms with Gasteiger partial charge < -0.3 is 4.74 Å². The van der Waals surface area contributed by atoms with Crippen molar-refractivity contribution in [3.63, 3.8) is 0 Å². The Labute approximate surface area is 211 Å². The average Bonchev–Trinajstić information content (AvgIpc) is 2.90. The Bertz CT molecular complexity index is 1270. The highest BCUT2D eigenvalue weighted by molar-refractivity contribution is 5.85. The molecule has 0 saturated heterocycles. The van der Waals surface area contributed by atoms with Gasteiger partial charge in [-0.05, 0) is 83.6 Å². The number of ether oxygens (including phenoxy) is 1. The highest BCUT2D eigenvalue weighted by Gasteiger charge is 2.01. The molecule has 0 spiro atoms. The molecule has 0 atom stereocenters. The van der Waals surface area contributed by atoms with Crippen molar-refractivity contribution in [2.24, 2.45) is 0 Å². The van der Waals surface area contributed by atoms with Crippen molar-refractivity contribution in [3.05, 3.63) is 102 Å². The van der Waals surface area contributed by atoms with E-state index < -0.39 is 0 Å². The van der Waals surface area contributed by atoms with Crippen LogP contribution in [-0.2, 0) is 6.42 Å². The van der Waals surface area contributed by atoms with Crippen LogP contribution >= 0.6 is 0 Å². The Kier molecular flexibility index (Phi) is 9.02. The van der Waals surface area contributed by atoms with Crippen LogP contribution in [0.3, 0.4) is 0 Å². The van der Waals surface area contributed by atoms with Crippen LogP contribution in [0.15, 0.2) is 84.9 Å². The minimum Gasteiger partial charge on any atom is -0.494 e. The molecule has 0 N–H and O–H groups in total. The summed E-state index contributed by atoms with van der Waals surface area (Å²) in [7, 11) is 0. The summed E-state index contributed by atoms with van der Waals surface area (Å²) in [6.45, 7) is 4.95. The van der Waals surface area contributed by atoms with Gasteiger partial charge in [0.05, 0.1) is 6.61 Å². The lowest BCUT2D eigenvalue weighted by molar-refractivity contribution is 0.341. The molecular weight excluding hydrogens is 424 g/mol. The summed E-state index contributed by atoms with van der Waals surface area (Å²) in [5, 5.41) is 2.35. The maximum Gasteiger partial charge on any atom is 0.119 e. The number of fused-ring (bicyclic) bond motifs is 1. The predicted molar refractivity (Wildman–Crippen MR) is 150 cm³/mol. The fourth-order valence-corrected chi connectivity index (χ4v) is 4.42. The SMILES string of the molecule is CCCCCCCCc1ccc(-c2ccc(C#Cc3ccc4cc(OCC)ccc4c3)cc2)cc1. The zero-order chi connectivity index (χ0) is 24.3. The number of hydrogen-bond acceptors (Lipinski definition) is 1. The van der Waals surface area contributed by atoms with E-state index in [1.165, 1.54) is 72.4 Å². The van der Waals surface area contributed by atoms with E-state index in [4.69, 9.17) is 4.74 Å². The molecule has 0 radical (unpaired) electrons. The summed E-state index contributed by atoms with van der Waals surface area (Å²) in [5.74, 6) is 7.53. The number of aryl methyl sites for hydroxylation is 1. The maximum absolute atomic E-state index is 5.60. The Morgan fingerprint density at radius 1 is 0.571 bits per heavy atom. The summed E-state index contributed by atoms with van der Waals surface area (Å²) in [4.78, 5) is 0. The van der Waals surface area contributed by atoms with E-state index in [0.717, 1.165) is 16.9 Å². The molecule has 4 aromatic carbocycles. The van der Waals surface area contributed by atoms with Crippen LogP contribution in [0.5, 0.6) is 5.75 Å². The van der Waals surface area contributed by atoms with Gasteiger partial charge in [-0.15, -0.1) is 0 Å². The van der Waals surface area contributed by atoms with Gasteiger partial charge >= 0.3 is 0 Å². The number of unbranched alkanes of at least 4 members (excludes halogenated alkanes) is 5. The largest absolute Gasteiger partial charge is 0.494 e. The third-order valence-electron chi connectivity index (χ3n) is 6.47. The Morgan fingerprint density at radius 2 is 1.17 bits per heavy atom. The van der Waals surface area contributed by atoms with Gasteiger partial charge in [0.25, 0.3) is 0 Å². The van der Waals surface area contributed by atoms with E-state index in [9.17, 15) is 0 Å². The molecule has 4 aromatic rings. The lowest BCUT2D eigenvalue weighted by Crippen LogP contribution is -1.90. The first-order valence-corrected chi connectivity index (χ1v) is 13.1. The first-order valence-electron chi connectivity index (χ1n) is 13.1. The van der Waals surface area contributed by atoms with Crippen molar-refractivity contribution < 1.29 is 4.74 Å². The molecule has 0 amide bonds. The summed E-state index contributed by atoms with van der Waals surface area (Å²) in [6, 6.07) is 30.1. The molecule has 4 rings (SSSR count). The van der Waals surface area contributed by atoms with Crippen LogP contribution in [-0.4, -0.2) is 6.61 Å². The molecule has 0 heterocycles. The third-order valence-corrected chi connectivity index (χ3v) is 6.47. The van der Waals surface area contributed by atoms with Crippen LogP contribution in [0.1, 0.15) is 69.1 Å². The zero-order valence-electron chi connectivity index (χ0n) is 21.1. The monoisotopic (exact) mass is 460 g/mol. The van der Waals surface area contributed by atoms with Crippen LogP contribution in [0.4, 0.5) is 0 Å². The minimum absolute atomic E-state index is 0.679. The second kappa shape index (κ2) is 12.8. The summed E-state index contributed by atoms with van der Waals surface area (Å²) < 4.78 is 5.60. The van der Waals surface area contributed by atoms with E-state index in [2.05, 4.69) is 97.6 Å². The first-order chi connectivity index (χ1) is 17.2. The predicted octanol–water partition coefficient (Wildman–Crippen LogP) is 9.21. The van der Waals surface area contributed by atoms with Crippen molar-refractivity contribution in [2.45, 2.75) is 58.8 Å². The second-order valence-electron chi connectivity index (χ2n) is 9.20. The second-order valence-corrected chi connectivity index (χ2v) is 9.20. The topological polar surface area (TPSA) is 9.23 Å². The van der Waals surface area contributed by atoms with Gasteiger partial charge in [0.2, 0.25) is 0 Å². The molecule has 0 aromatic heterocycles. The Morgan fingerprint density at radius 3 is 1.91 bits per heavy atom. The molecule has 178 valence electrons. The molecule has 0 unspecified atom stereocenters.